The van der Waals surface area contributed by atoms with Gasteiger partial charge in [-0.2, -0.15) is 0 Å². The molecule has 0 aliphatic carbocycles. The van der Waals surface area contributed by atoms with Crippen molar-refractivity contribution in [3.8, 4) is 17.2 Å². The van der Waals surface area contributed by atoms with Crippen molar-refractivity contribution < 1.29 is 31.5 Å². The van der Waals surface area contributed by atoms with E-state index < -0.39 is 37.2 Å². The van der Waals surface area contributed by atoms with Crippen molar-refractivity contribution in [3.63, 3.8) is 0 Å². The predicted octanol–water partition coefficient (Wildman–Crippen LogP) is 8.25. The summed E-state index contributed by atoms with van der Waals surface area (Å²) in [6, 6.07) is 50.1. The van der Waals surface area contributed by atoms with E-state index >= 15 is 8.78 Å². The van der Waals surface area contributed by atoms with Crippen molar-refractivity contribution in [2.24, 2.45) is 0 Å². The van der Waals surface area contributed by atoms with Crippen molar-refractivity contribution in [1.82, 2.24) is 0 Å². The maximum absolute atomic E-state index is 18.0. The number of hydrogen-bond donors (Lipinski definition) is 0. The fourth-order valence-corrected chi connectivity index (χ4v) is 13.7. The standard InChI is InChI=1S/C42H30BF4O3P/c44-34-23-10-13-26-37(34)48-43(49-38-27-14-11-24-35(38)45)50-39-28-16-30-41(42(39)47)51(31-17-4-1-5-18-31,32-19-6-2-7-20-32,33-21-8-3-9-22-33)40-29-15-12-25-36(40)46/h1-30H. The minimum absolute atomic E-state index is 0.141. The number of para-hydroxylation sites is 2. The van der Waals surface area contributed by atoms with Gasteiger partial charge in [-0.25, -0.2) is 0 Å². The Morgan fingerprint density at radius 3 is 1.14 bits per heavy atom. The molecule has 0 bridgehead atoms. The Morgan fingerprint density at radius 1 is 0.333 bits per heavy atom. The summed E-state index contributed by atoms with van der Waals surface area (Å²) in [6.45, 7) is -4.65. The summed E-state index contributed by atoms with van der Waals surface area (Å²) < 4.78 is 82.1. The van der Waals surface area contributed by atoms with E-state index in [2.05, 4.69) is 0 Å². The molecule has 0 N–H and O–H groups in total. The Hall–Kier alpha value is -5.85. The van der Waals surface area contributed by atoms with E-state index in [0.29, 0.717) is 15.9 Å². The van der Waals surface area contributed by atoms with Crippen molar-refractivity contribution >= 4 is 40.4 Å². The fraction of sp³-hybridized carbons (Fsp3) is 0. The summed E-state index contributed by atoms with van der Waals surface area (Å²) in [4.78, 5) is 0. The molecule has 9 heteroatoms. The first-order chi connectivity index (χ1) is 24.9. The van der Waals surface area contributed by atoms with E-state index in [9.17, 15) is 8.78 Å². The van der Waals surface area contributed by atoms with Crippen LogP contribution < -0.4 is 40.5 Å². The van der Waals surface area contributed by atoms with Crippen LogP contribution in [0.5, 0.6) is 17.2 Å². The summed E-state index contributed by atoms with van der Waals surface area (Å²) >= 11 is 0. The van der Waals surface area contributed by atoms with Gasteiger partial charge in [-0.15, -0.1) is 0 Å². The van der Waals surface area contributed by atoms with Gasteiger partial charge in [-0.3, -0.25) is 0 Å². The zero-order valence-corrected chi connectivity index (χ0v) is 28.0. The molecular formula is C42H30BF4O3P. The first-order valence-electron chi connectivity index (χ1n) is 16.2. The Balaban J connectivity index is 1.54. The summed E-state index contributed by atoms with van der Waals surface area (Å²) in [5, 5.41) is 2.43. The van der Waals surface area contributed by atoms with Gasteiger partial charge >= 0.3 is 294 Å². The van der Waals surface area contributed by atoms with Gasteiger partial charge in [-0.1, -0.05) is 0 Å². The molecule has 0 aliphatic rings. The van der Waals surface area contributed by atoms with Gasteiger partial charge in [0.25, 0.3) is 0 Å². The quantitative estimate of drug-likeness (QED) is 0.0774. The first-order valence-corrected chi connectivity index (χ1v) is 18.4. The molecule has 0 unspecified atom stereocenters. The second kappa shape index (κ2) is 14.2. The van der Waals surface area contributed by atoms with Crippen LogP contribution in [-0.4, -0.2) is 7.32 Å². The molecule has 7 aromatic rings. The van der Waals surface area contributed by atoms with Crippen molar-refractivity contribution in [1.29, 1.82) is 0 Å². The van der Waals surface area contributed by atoms with Gasteiger partial charge in [0, 0.05) is 0 Å². The number of benzene rings is 7. The molecule has 0 fully saturated rings. The molecule has 0 spiro atoms. The van der Waals surface area contributed by atoms with Crippen LogP contribution in [0.2, 0.25) is 0 Å². The van der Waals surface area contributed by atoms with Gasteiger partial charge in [0.15, 0.2) is 0 Å². The number of halogens is 4. The Kier molecular flexibility index (Phi) is 9.35. The average Bonchev–Trinajstić information content (AvgIpc) is 3.17. The van der Waals surface area contributed by atoms with E-state index in [1.54, 1.807) is 30.3 Å². The second-order valence-electron chi connectivity index (χ2n) is 11.7. The van der Waals surface area contributed by atoms with Crippen LogP contribution in [0.3, 0.4) is 0 Å². The first kappa shape index (κ1) is 33.6. The zero-order chi connectivity index (χ0) is 35.3. The molecular weight excluding hydrogens is 670 g/mol. The van der Waals surface area contributed by atoms with Crippen molar-refractivity contribution in [2.75, 3.05) is 0 Å². The topological polar surface area (TPSA) is 27.7 Å². The minimum atomic E-state index is -4.65. The van der Waals surface area contributed by atoms with Crippen LogP contribution in [0.1, 0.15) is 0 Å². The molecule has 7 aromatic carbocycles. The maximum atomic E-state index is 18.0. The van der Waals surface area contributed by atoms with Gasteiger partial charge in [0.05, 0.1) is 0 Å². The zero-order valence-electron chi connectivity index (χ0n) is 27.1. The van der Waals surface area contributed by atoms with E-state index in [-0.39, 0.29) is 27.9 Å². The molecule has 0 amide bonds. The molecule has 51 heavy (non-hydrogen) atoms. The third-order valence-corrected chi connectivity index (χ3v) is 15.5. The molecule has 3 nitrogen and oxygen atoms in total. The number of rotatable bonds is 11. The molecule has 0 saturated carbocycles. The van der Waals surface area contributed by atoms with E-state index in [1.807, 2.05) is 91.0 Å². The van der Waals surface area contributed by atoms with Crippen LogP contribution in [0.15, 0.2) is 182 Å². The molecule has 252 valence electrons. The second-order valence-corrected chi connectivity index (χ2v) is 16.4. The SMILES string of the molecule is Fc1ccccc1OB(Oc1ccccc1F)Oc1cccc(P(c2ccccc2)(c2ccccc2)(c2ccccc2)c2ccccc2F)c1F. The van der Waals surface area contributed by atoms with Crippen molar-refractivity contribution in [3.05, 3.63) is 205 Å². The summed E-state index contributed by atoms with van der Waals surface area (Å²) in [5.74, 6) is -3.72. The van der Waals surface area contributed by atoms with Crippen molar-refractivity contribution in [2.45, 2.75) is 0 Å². The molecule has 0 radical (unpaired) electrons. The summed E-state index contributed by atoms with van der Waals surface area (Å²) in [5.41, 5.74) is 0. The van der Waals surface area contributed by atoms with Gasteiger partial charge in [0.2, 0.25) is 0 Å². The predicted molar refractivity (Wildman–Crippen MR) is 198 cm³/mol. The van der Waals surface area contributed by atoms with Crippen LogP contribution in [0.4, 0.5) is 17.6 Å². The summed E-state index contributed by atoms with van der Waals surface area (Å²) in [6.07, 6.45) is 0. The Bertz CT molecular complexity index is 2130. The summed E-state index contributed by atoms with van der Waals surface area (Å²) in [7, 11) is -1.85. The third-order valence-electron chi connectivity index (χ3n) is 8.92. The molecule has 7 rings (SSSR count). The van der Waals surface area contributed by atoms with Crippen LogP contribution >= 0.6 is 6.60 Å². The monoisotopic (exact) mass is 700 g/mol. The van der Waals surface area contributed by atoms with Gasteiger partial charge in [-0.05, 0) is 0 Å². The number of hydrogen-bond acceptors (Lipinski definition) is 3. The average molecular weight is 700 g/mol. The van der Waals surface area contributed by atoms with E-state index in [1.165, 1.54) is 60.7 Å². The van der Waals surface area contributed by atoms with Crippen LogP contribution in [0.25, 0.3) is 0 Å². The Morgan fingerprint density at radius 2 is 0.686 bits per heavy atom. The van der Waals surface area contributed by atoms with Gasteiger partial charge < -0.3 is 0 Å². The third kappa shape index (κ3) is 5.72. The van der Waals surface area contributed by atoms with Gasteiger partial charge in [0.1, 0.15) is 0 Å². The normalized spacial score (nSPS) is 12.0. The van der Waals surface area contributed by atoms with Crippen LogP contribution in [0, 0.1) is 23.3 Å². The van der Waals surface area contributed by atoms with Crippen LogP contribution in [-0.2, 0) is 0 Å². The fourth-order valence-electron chi connectivity index (χ4n) is 6.80. The Labute approximate surface area is 293 Å². The van der Waals surface area contributed by atoms with E-state index in [0.717, 1.165) is 0 Å². The molecule has 0 heterocycles. The molecule has 0 aromatic heterocycles. The molecule has 0 saturated heterocycles. The molecule has 0 aliphatic heterocycles. The van der Waals surface area contributed by atoms with E-state index in [4.69, 9.17) is 14.0 Å². The molecule has 0 atom stereocenters.